The number of nitrogens with two attached hydrogens (primary N) is 1. The highest BCUT2D eigenvalue weighted by Crippen LogP contribution is 2.42. The minimum Gasteiger partial charge on any atom is -0.431 e. The minimum absolute atomic E-state index is 0.156. The Morgan fingerprint density at radius 1 is 1.06 bits per heavy atom. The van der Waals surface area contributed by atoms with Gasteiger partial charge in [0.2, 0.25) is 5.91 Å². The second-order valence-electron chi connectivity index (χ2n) is 9.03. The number of primary amides is 1. The number of para-hydroxylation sites is 1. The molecule has 0 spiro atoms. The van der Waals surface area contributed by atoms with Gasteiger partial charge in [0.1, 0.15) is 5.75 Å². The largest absolute Gasteiger partial charge is 0.431 e. The molecule has 0 radical (unpaired) electrons. The number of piperidine rings is 1. The van der Waals surface area contributed by atoms with Crippen molar-refractivity contribution in [2.75, 3.05) is 0 Å². The summed E-state index contributed by atoms with van der Waals surface area (Å²) in [5.41, 5.74) is 6.43. The number of thiazole rings is 1. The van der Waals surface area contributed by atoms with E-state index in [1.807, 2.05) is 35.6 Å². The highest BCUT2D eigenvalue weighted by Gasteiger charge is 2.40. The summed E-state index contributed by atoms with van der Waals surface area (Å²) in [6, 6.07) is 17.9. The van der Waals surface area contributed by atoms with Crippen molar-refractivity contribution in [1.29, 1.82) is 0 Å². The first kappa shape index (κ1) is 20.1. The van der Waals surface area contributed by atoms with Gasteiger partial charge >= 0.3 is 0 Å². The van der Waals surface area contributed by atoms with Gasteiger partial charge in [-0.05, 0) is 73.4 Å². The van der Waals surface area contributed by atoms with Gasteiger partial charge in [-0.25, -0.2) is 4.98 Å². The third-order valence-electron chi connectivity index (χ3n) is 6.83. The molecule has 5 nitrogen and oxygen atoms in total. The summed E-state index contributed by atoms with van der Waals surface area (Å²) in [6.07, 6.45) is 5.23. The average molecular weight is 464 g/mol. The maximum Gasteiger partial charge on any atom is 0.279 e. The number of thiophene rings is 1. The fourth-order valence-electron chi connectivity index (χ4n) is 5.48. The monoisotopic (exact) mass is 463 g/mol. The number of nitrogens with zero attached hydrogens (tertiary/aromatic N) is 2. The highest BCUT2D eigenvalue weighted by atomic mass is 32.1. The average Bonchev–Trinajstić information content (AvgIpc) is 3.41. The molecule has 164 valence electrons. The molecule has 7 heteroatoms. The van der Waals surface area contributed by atoms with E-state index in [9.17, 15) is 4.79 Å². The van der Waals surface area contributed by atoms with Gasteiger partial charge in [0.05, 0.1) is 10.2 Å². The Morgan fingerprint density at radius 3 is 2.66 bits per heavy atom. The van der Waals surface area contributed by atoms with Crippen LogP contribution in [0.25, 0.3) is 20.3 Å². The summed E-state index contributed by atoms with van der Waals surface area (Å²) in [5, 5.41) is 1.94. The molecule has 2 aromatic heterocycles. The number of hydrogen-bond donors (Lipinski definition) is 1. The van der Waals surface area contributed by atoms with Crippen LogP contribution in [-0.2, 0) is 11.3 Å². The fraction of sp³-hybridized carbons (Fsp3) is 0.360. The van der Waals surface area contributed by atoms with Gasteiger partial charge in [-0.15, -0.1) is 11.3 Å². The van der Waals surface area contributed by atoms with Crippen molar-refractivity contribution in [2.45, 2.75) is 50.7 Å². The Balaban J connectivity index is 1.17. The molecular weight excluding hydrogens is 438 g/mol. The number of carbonyl (C=O) groups is 1. The van der Waals surface area contributed by atoms with Crippen molar-refractivity contribution in [1.82, 2.24) is 9.88 Å². The minimum atomic E-state index is -0.156. The van der Waals surface area contributed by atoms with Gasteiger partial charge in [0.15, 0.2) is 0 Å². The van der Waals surface area contributed by atoms with Gasteiger partial charge in [0.25, 0.3) is 5.19 Å². The van der Waals surface area contributed by atoms with E-state index in [-0.39, 0.29) is 5.91 Å². The maximum absolute atomic E-state index is 11.4. The highest BCUT2D eigenvalue weighted by molar-refractivity contribution is 7.20. The van der Waals surface area contributed by atoms with E-state index in [0.717, 1.165) is 35.4 Å². The number of ether oxygens (including phenoxy) is 1. The Morgan fingerprint density at radius 2 is 1.88 bits per heavy atom. The van der Waals surface area contributed by atoms with Crippen molar-refractivity contribution in [3.05, 3.63) is 53.4 Å². The lowest BCUT2D eigenvalue weighted by atomic mass is 9.88. The molecule has 2 N–H and O–H groups in total. The molecular formula is C25H25N3O2S2. The topological polar surface area (TPSA) is 68.5 Å². The van der Waals surface area contributed by atoms with Crippen LogP contribution in [0.1, 0.15) is 37.0 Å². The van der Waals surface area contributed by atoms with E-state index >= 15 is 0 Å². The van der Waals surface area contributed by atoms with Gasteiger partial charge in [-0.3, -0.25) is 9.69 Å². The van der Waals surface area contributed by atoms with Crippen molar-refractivity contribution in [3.8, 4) is 10.9 Å². The van der Waals surface area contributed by atoms with Crippen molar-refractivity contribution >= 4 is 48.9 Å². The first-order chi connectivity index (χ1) is 15.6. The summed E-state index contributed by atoms with van der Waals surface area (Å²) >= 11 is 3.42. The molecule has 1 unspecified atom stereocenters. The standard InChI is InChI=1S/C25H25N3O2S2/c26-24(29)11-15-9-17-6-7-18(10-15)28(17)14-20-12-16-5-8-19(13-23(16)31-20)30-25-27-21-3-1-2-4-22(21)32-25/h1-5,8,12-13,15,17-18H,6-7,9-11,14H2,(H2,26,29)/t15?,17-,18+. The van der Waals surface area contributed by atoms with E-state index in [4.69, 9.17) is 10.5 Å². The number of rotatable bonds is 6. The number of benzene rings is 2. The van der Waals surface area contributed by atoms with Crippen molar-refractivity contribution in [2.24, 2.45) is 11.7 Å². The number of fused-ring (bicyclic) bond motifs is 4. The number of hydrogen-bond acceptors (Lipinski definition) is 6. The SMILES string of the molecule is NC(=O)CC1C[C@H]2CC[C@@H](C1)N2Cc1cc2ccc(Oc3nc4ccccc4s3)cc2s1. The molecule has 32 heavy (non-hydrogen) atoms. The van der Waals surface area contributed by atoms with Crippen LogP contribution in [0.4, 0.5) is 0 Å². The van der Waals surface area contributed by atoms with E-state index in [1.54, 1.807) is 11.3 Å². The zero-order chi connectivity index (χ0) is 21.7. The molecule has 4 aromatic rings. The molecule has 0 saturated carbocycles. The summed E-state index contributed by atoms with van der Waals surface area (Å²) in [5.74, 6) is 1.14. The predicted molar refractivity (Wildman–Crippen MR) is 130 cm³/mol. The molecule has 2 aromatic carbocycles. The van der Waals surface area contributed by atoms with Gasteiger partial charge in [0, 0.05) is 34.6 Å². The fourth-order valence-corrected chi connectivity index (χ4v) is 7.42. The third-order valence-corrected chi connectivity index (χ3v) is 8.83. The second-order valence-corrected chi connectivity index (χ2v) is 11.2. The van der Waals surface area contributed by atoms with Crippen LogP contribution in [0.3, 0.4) is 0 Å². The number of carbonyl (C=O) groups excluding carboxylic acids is 1. The van der Waals surface area contributed by atoms with Crippen molar-refractivity contribution < 1.29 is 9.53 Å². The molecule has 2 bridgehead atoms. The Bertz CT molecular complexity index is 1250. The lowest BCUT2D eigenvalue weighted by molar-refractivity contribution is -0.119. The summed E-state index contributed by atoms with van der Waals surface area (Å²) in [4.78, 5) is 20.0. The zero-order valence-electron chi connectivity index (χ0n) is 17.7. The molecule has 3 atom stereocenters. The Kier molecular flexibility index (Phi) is 5.12. The second kappa shape index (κ2) is 8.14. The van der Waals surface area contributed by atoms with Gasteiger partial charge in [-0.1, -0.05) is 23.5 Å². The predicted octanol–water partition coefficient (Wildman–Crippen LogP) is 5.92. The maximum atomic E-state index is 11.4. The normalized spacial score (nSPS) is 23.2. The van der Waals surface area contributed by atoms with Crippen LogP contribution >= 0.6 is 22.7 Å². The summed E-state index contributed by atoms with van der Waals surface area (Å²) in [7, 11) is 0. The smallest absolute Gasteiger partial charge is 0.279 e. The van der Waals surface area contributed by atoms with Gasteiger partial charge < -0.3 is 10.5 Å². The third kappa shape index (κ3) is 3.89. The van der Waals surface area contributed by atoms with Crippen LogP contribution in [-0.4, -0.2) is 27.9 Å². The van der Waals surface area contributed by atoms with E-state index in [0.29, 0.717) is 29.6 Å². The number of aromatic nitrogens is 1. The van der Waals surface area contributed by atoms with Crippen LogP contribution in [0.5, 0.6) is 10.9 Å². The zero-order valence-corrected chi connectivity index (χ0v) is 19.3. The van der Waals surface area contributed by atoms with Crippen LogP contribution in [0.2, 0.25) is 0 Å². The molecule has 4 heterocycles. The molecule has 2 saturated heterocycles. The lowest BCUT2D eigenvalue weighted by Crippen LogP contribution is -2.42. The summed E-state index contributed by atoms with van der Waals surface area (Å²) in [6.45, 7) is 0.992. The first-order valence-electron chi connectivity index (χ1n) is 11.2. The van der Waals surface area contributed by atoms with E-state index in [2.05, 4.69) is 34.1 Å². The molecule has 1 amide bonds. The van der Waals surface area contributed by atoms with Crippen LogP contribution in [0.15, 0.2) is 48.5 Å². The Labute approximate surface area is 194 Å². The molecule has 2 fully saturated rings. The molecule has 6 rings (SSSR count). The molecule has 2 aliphatic heterocycles. The van der Waals surface area contributed by atoms with Crippen LogP contribution in [0, 0.1) is 5.92 Å². The van der Waals surface area contributed by atoms with E-state index in [1.165, 1.54) is 27.8 Å². The van der Waals surface area contributed by atoms with Crippen molar-refractivity contribution in [3.63, 3.8) is 0 Å². The molecule has 2 aliphatic rings. The van der Waals surface area contributed by atoms with Gasteiger partial charge in [-0.2, -0.15) is 0 Å². The molecule has 0 aliphatic carbocycles. The lowest BCUT2D eigenvalue weighted by Gasteiger charge is -2.38. The number of amides is 1. The van der Waals surface area contributed by atoms with E-state index < -0.39 is 0 Å². The quantitative estimate of drug-likeness (QED) is 0.385. The summed E-state index contributed by atoms with van der Waals surface area (Å²) < 4.78 is 8.46. The first-order valence-corrected chi connectivity index (χ1v) is 12.8. The Hall–Kier alpha value is -2.48. The van der Waals surface area contributed by atoms with Crippen LogP contribution < -0.4 is 10.5 Å².